The predicted octanol–water partition coefficient (Wildman–Crippen LogP) is 2.52. The third-order valence-corrected chi connectivity index (χ3v) is 5.34. The first kappa shape index (κ1) is 24.4. The van der Waals surface area contributed by atoms with Crippen molar-refractivity contribution in [1.29, 1.82) is 0 Å². The van der Waals surface area contributed by atoms with Crippen LogP contribution < -0.4 is 15.4 Å². The smallest absolute Gasteiger partial charge is 0.191 e. The zero-order chi connectivity index (χ0) is 21.4. The predicted molar refractivity (Wildman–Crippen MR) is 122 cm³/mol. The molecule has 0 aromatic heterocycles. The van der Waals surface area contributed by atoms with Crippen LogP contribution in [0.3, 0.4) is 0 Å². The van der Waals surface area contributed by atoms with Crippen molar-refractivity contribution in [3.8, 4) is 5.75 Å². The monoisotopic (exact) mass is 420 g/mol. The highest BCUT2D eigenvalue weighted by Gasteiger charge is 2.15. The van der Waals surface area contributed by atoms with E-state index in [4.69, 9.17) is 14.2 Å². The number of para-hydroxylation sites is 1. The second-order valence-electron chi connectivity index (χ2n) is 7.49. The second-order valence-corrected chi connectivity index (χ2v) is 7.49. The van der Waals surface area contributed by atoms with E-state index in [9.17, 15) is 0 Å². The van der Waals surface area contributed by atoms with Crippen LogP contribution in [0.25, 0.3) is 0 Å². The molecule has 7 heteroatoms. The summed E-state index contributed by atoms with van der Waals surface area (Å²) in [6.07, 6.45) is 2.06. The van der Waals surface area contributed by atoms with Gasteiger partial charge in [0.1, 0.15) is 12.4 Å². The topological polar surface area (TPSA) is 67.4 Å². The maximum atomic E-state index is 6.04. The van der Waals surface area contributed by atoms with Gasteiger partial charge in [-0.1, -0.05) is 32.0 Å². The molecular weight excluding hydrogens is 380 g/mol. The number of ether oxygens (including phenoxy) is 3. The van der Waals surface area contributed by atoms with Crippen molar-refractivity contribution in [1.82, 2.24) is 15.5 Å². The highest BCUT2D eigenvalue weighted by molar-refractivity contribution is 5.79. The van der Waals surface area contributed by atoms with Gasteiger partial charge in [0.05, 0.1) is 13.2 Å². The highest BCUT2D eigenvalue weighted by atomic mass is 16.5. The van der Waals surface area contributed by atoms with Gasteiger partial charge in [-0.25, -0.2) is 0 Å². The van der Waals surface area contributed by atoms with Gasteiger partial charge in [-0.2, -0.15) is 0 Å². The van der Waals surface area contributed by atoms with Crippen molar-refractivity contribution in [2.24, 2.45) is 10.9 Å². The Morgan fingerprint density at radius 3 is 2.77 bits per heavy atom. The molecule has 0 amide bonds. The van der Waals surface area contributed by atoms with Crippen LogP contribution in [-0.2, 0) is 16.0 Å². The third-order valence-electron chi connectivity index (χ3n) is 5.34. The van der Waals surface area contributed by atoms with E-state index in [1.165, 1.54) is 0 Å². The summed E-state index contributed by atoms with van der Waals surface area (Å²) in [6, 6.07) is 8.17. The van der Waals surface area contributed by atoms with E-state index in [0.717, 1.165) is 82.7 Å². The van der Waals surface area contributed by atoms with Gasteiger partial charge in [0, 0.05) is 51.4 Å². The highest BCUT2D eigenvalue weighted by Crippen LogP contribution is 2.17. The number of benzene rings is 1. The molecule has 1 aliphatic heterocycles. The summed E-state index contributed by atoms with van der Waals surface area (Å²) in [5.74, 6) is 2.29. The third kappa shape index (κ3) is 9.32. The standard InChI is InChI=1S/C23H40N4O3/c1-4-27(5-2)13-16-30-22-10-7-6-9-21(22)17-26-23(24-3)25-12-8-14-28-18-20-11-15-29-19-20/h6-7,9-10,20H,4-5,8,11-19H2,1-3H3,(H2,24,25,26). The van der Waals surface area contributed by atoms with Crippen LogP contribution in [0.2, 0.25) is 0 Å². The number of hydrogen-bond acceptors (Lipinski definition) is 5. The molecule has 0 aliphatic carbocycles. The van der Waals surface area contributed by atoms with E-state index in [1.54, 1.807) is 7.05 Å². The lowest BCUT2D eigenvalue weighted by Gasteiger charge is -2.19. The minimum atomic E-state index is 0.571. The van der Waals surface area contributed by atoms with Gasteiger partial charge in [0.15, 0.2) is 5.96 Å². The summed E-state index contributed by atoms with van der Waals surface area (Å²) in [4.78, 5) is 6.67. The molecule has 170 valence electrons. The first-order valence-corrected chi connectivity index (χ1v) is 11.3. The van der Waals surface area contributed by atoms with E-state index >= 15 is 0 Å². The number of rotatable bonds is 14. The number of nitrogens with one attached hydrogen (secondary N) is 2. The van der Waals surface area contributed by atoms with Crippen LogP contribution >= 0.6 is 0 Å². The molecule has 2 rings (SSSR count). The maximum absolute atomic E-state index is 6.04. The Labute approximate surface area is 182 Å². The summed E-state index contributed by atoms with van der Waals surface area (Å²) in [6.45, 7) is 12.8. The average molecular weight is 421 g/mol. The molecule has 0 spiro atoms. The molecule has 1 aliphatic rings. The van der Waals surface area contributed by atoms with Crippen molar-refractivity contribution in [3.05, 3.63) is 29.8 Å². The summed E-state index contributed by atoms with van der Waals surface area (Å²) in [5.41, 5.74) is 1.13. The van der Waals surface area contributed by atoms with E-state index in [2.05, 4.69) is 40.4 Å². The van der Waals surface area contributed by atoms with Crippen LogP contribution in [0.4, 0.5) is 0 Å². The van der Waals surface area contributed by atoms with Gasteiger partial charge in [0.2, 0.25) is 0 Å². The lowest BCUT2D eigenvalue weighted by Crippen LogP contribution is -2.37. The fraction of sp³-hybridized carbons (Fsp3) is 0.696. The van der Waals surface area contributed by atoms with E-state index in [1.807, 2.05) is 18.2 Å². The SMILES string of the molecule is CCN(CC)CCOc1ccccc1CNC(=NC)NCCCOCC1CCOC1. The quantitative estimate of drug-likeness (QED) is 0.274. The summed E-state index contributed by atoms with van der Waals surface area (Å²) in [5, 5.41) is 6.72. The first-order valence-electron chi connectivity index (χ1n) is 11.3. The minimum Gasteiger partial charge on any atom is -0.492 e. The maximum Gasteiger partial charge on any atom is 0.191 e. The normalized spacial score (nSPS) is 16.8. The summed E-state index contributed by atoms with van der Waals surface area (Å²) in [7, 11) is 1.79. The molecular formula is C23H40N4O3. The van der Waals surface area contributed by atoms with Crippen molar-refractivity contribution < 1.29 is 14.2 Å². The molecule has 7 nitrogen and oxygen atoms in total. The van der Waals surface area contributed by atoms with Crippen molar-refractivity contribution in [3.63, 3.8) is 0 Å². The Morgan fingerprint density at radius 1 is 1.20 bits per heavy atom. The fourth-order valence-corrected chi connectivity index (χ4v) is 3.36. The zero-order valence-electron chi connectivity index (χ0n) is 19.0. The zero-order valence-corrected chi connectivity index (χ0v) is 19.0. The molecule has 0 radical (unpaired) electrons. The van der Waals surface area contributed by atoms with Crippen LogP contribution in [0.1, 0.15) is 32.3 Å². The Hall–Kier alpha value is -1.83. The molecule has 1 aromatic carbocycles. The summed E-state index contributed by atoms with van der Waals surface area (Å²) < 4.78 is 17.2. The number of likely N-dealkylation sites (N-methyl/N-ethyl adjacent to an activating group) is 1. The number of hydrogen-bond donors (Lipinski definition) is 2. The van der Waals surface area contributed by atoms with Gasteiger partial charge >= 0.3 is 0 Å². The van der Waals surface area contributed by atoms with E-state index in [-0.39, 0.29) is 0 Å². The fourth-order valence-electron chi connectivity index (χ4n) is 3.36. The molecule has 1 unspecified atom stereocenters. The molecule has 1 fully saturated rings. The molecule has 1 saturated heterocycles. The van der Waals surface area contributed by atoms with Gasteiger partial charge in [-0.3, -0.25) is 4.99 Å². The van der Waals surface area contributed by atoms with Gasteiger partial charge < -0.3 is 29.7 Å². The van der Waals surface area contributed by atoms with Crippen LogP contribution in [0, 0.1) is 5.92 Å². The largest absolute Gasteiger partial charge is 0.492 e. The van der Waals surface area contributed by atoms with Crippen LogP contribution in [0.5, 0.6) is 5.75 Å². The molecule has 0 saturated carbocycles. The Balaban J connectivity index is 1.65. The molecule has 0 bridgehead atoms. The summed E-state index contributed by atoms with van der Waals surface area (Å²) >= 11 is 0. The Morgan fingerprint density at radius 2 is 2.03 bits per heavy atom. The number of nitrogens with zero attached hydrogens (tertiary/aromatic N) is 2. The minimum absolute atomic E-state index is 0.571. The van der Waals surface area contributed by atoms with Crippen molar-refractivity contribution >= 4 is 5.96 Å². The molecule has 1 atom stereocenters. The van der Waals surface area contributed by atoms with E-state index in [0.29, 0.717) is 19.1 Å². The second kappa shape index (κ2) is 15.0. The lowest BCUT2D eigenvalue weighted by molar-refractivity contribution is 0.0888. The number of aliphatic imine (C=N–C) groups is 1. The molecule has 30 heavy (non-hydrogen) atoms. The van der Waals surface area contributed by atoms with Gasteiger partial charge in [0.25, 0.3) is 0 Å². The van der Waals surface area contributed by atoms with Crippen LogP contribution in [-0.4, -0.2) is 77.1 Å². The van der Waals surface area contributed by atoms with E-state index < -0.39 is 0 Å². The Bertz CT molecular complexity index is 602. The first-order chi connectivity index (χ1) is 14.8. The lowest BCUT2D eigenvalue weighted by atomic mass is 10.1. The average Bonchev–Trinajstić information content (AvgIpc) is 3.30. The van der Waals surface area contributed by atoms with Gasteiger partial charge in [-0.15, -0.1) is 0 Å². The molecule has 1 heterocycles. The number of guanidine groups is 1. The van der Waals surface area contributed by atoms with Crippen molar-refractivity contribution in [2.75, 3.05) is 66.3 Å². The van der Waals surface area contributed by atoms with Gasteiger partial charge in [-0.05, 0) is 32.0 Å². The molecule has 2 N–H and O–H groups in total. The van der Waals surface area contributed by atoms with Crippen molar-refractivity contribution in [2.45, 2.75) is 33.2 Å². The Kier molecular flexibility index (Phi) is 12.3. The molecule has 1 aromatic rings. The van der Waals surface area contributed by atoms with Crippen LogP contribution in [0.15, 0.2) is 29.3 Å².